The number of hydrogen-bond acceptors (Lipinski definition) is 2. The maximum atomic E-state index is 11.5. The zero-order chi connectivity index (χ0) is 18.7. The third kappa shape index (κ3) is 3.41. The second kappa shape index (κ2) is 7.34. The van der Waals surface area contributed by atoms with Gasteiger partial charge in [0, 0.05) is 29.4 Å². The minimum Gasteiger partial charge on any atom is -0.489 e. The van der Waals surface area contributed by atoms with E-state index < -0.39 is 5.97 Å². The van der Waals surface area contributed by atoms with Crippen LogP contribution >= 0.6 is 11.6 Å². The first kappa shape index (κ1) is 17.6. The molecule has 1 N–H and O–H groups in total. The zero-order valence-electron chi connectivity index (χ0n) is 13.9. The van der Waals surface area contributed by atoms with Gasteiger partial charge in [-0.2, -0.15) is 0 Å². The van der Waals surface area contributed by atoms with Gasteiger partial charge in [0.1, 0.15) is 18.1 Å². The van der Waals surface area contributed by atoms with Crippen molar-refractivity contribution < 1.29 is 14.6 Å². The van der Waals surface area contributed by atoms with Crippen LogP contribution in [0, 0.1) is 6.57 Å². The molecule has 0 bridgehead atoms. The summed E-state index contributed by atoms with van der Waals surface area (Å²) in [5.74, 6) is -0.442. The predicted molar refractivity (Wildman–Crippen MR) is 99.9 cm³/mol. The highest BCUT2D eigenvalue weighted by Crippen LogP contribution is 2.36. The number of carbonyl (C=O) groups is 1. The van der Waals surface area contributed by atoms with Crippen molar-refractivity contribution in [2.75, 3.05) is 0 Å². The lowest BCUT2D eigenvalue weighted by atomic mass is 10.0. The second-order valence-electron chi connectivity index (χ2n) is 5.67. The highest BCUT2D eigenvalue weighted by Gasteiger charge is 2.21. The molecule has 5 nitrogen and oxygen atoms in total. The van der Waals surface area contributed by atoms with Crippen molar-refractivity contribution in [3.63, 3.8) is 0 Å². The predicted octanol–water partition coefficient (Wildman–Crippen LogP) is 5.17. The Balaban J connectivity index is 1.86. The maximum Gasteiger partial charge on any atom is 0.351 e. The van der Waals surface area contributed by atoms with Crippen LogP contribution in [-0.4, -0.2) is 15.6 Å². The van der Waals surface area contributed by atoms with E-state index in [9.17, 15) is 9.90 Å². The van der Waals surface area contributed by atoms with Gasteiger partial charge in [-0.05, 0) is 23.8 Å². The smallest absolute Gasteiger partial charge is 0.351 e. The summed E-state index contributed by atoms with van der Waals surface area (Å²) in [5, 5.41) is 10.1. The summed E-state index contributed by atoms with van der Waals surface area (Å²) >= 11 is 6.11. The Morgan fingerprint density at radius 1 is 1.23 bits per heavy atom. The summed E-state index contributed by atoms with van der Waals surface area (Å²) < 4.78 is 7.19. The Bertz CT molecular complexity index is 1000. The molecule has 3 rings (SSSR count). The van der Waals surface area contributed by atoms with Crippen LogP contribution in [0.1, 0.15) is 16.1 Å². The van der Waals surface area contributed by atoms with Crippen molar-refractivity contribution in [2.45, 2.75) is 6.61 Å². The number of nitrogens with zero attached hydrogens (tertiary/aromatic N) is 2. The van der Waals surface area contributed by atoms with Gasteiger partial charge in [-0.15, -0.1) is 0 Å². The number of aromatic carboxylic acids is 1. The average Bonchev–Trinajstić information content (AvgIpc) is 2.98. The molecule has 0 aliphatic rings. The summed E-state index contributed by atoms with van der Waals surface area (Å²) in [7, 11) is 1.61. The number of halogens is 1. The SMILES string of the molecule is [C-]#[N+]c1cn(C)c(C(=O)O)c1-c1ccc(OCc2ccccc2Cl)cc1. The molecule has 0 unspecified atom stereocenters. The van der Waals surface area contributed by atoms with E-state index in [1.807, 2.05) is 18.2 Å². The van der Waals surface area contributed by atoms with E-state index in [0.717, 1.165) is 5.56 Å². The third-order valence-corrected chi connectivity index (χ3v) is 4.35. The van der Waals surface area contributed by atoms with Crippen LogP contribution in [0.5, 0.6) is 5.75 Å². The Morgan fingerprint density at radius 2 is 1.92 bits per heavy atom. The molecule has 0 aliphatic heterocycles. The molecule has 2 aromatic carbocycles. The normalized spacial score (nSPS) is 10.3. The van der Waals surface area contributed by atoms with Gasteiger partial charge in [0.15, 0.2) is 0 Å². The van der Waals surface area contributed by atoms with Gasteiger partial charge in [0.2, 0.25) is 5.69 Å². The van der Waals surface area contributed by atoms with Gasteiger partial charge in [-0.1, -0.05) is 41.9 Å². The number of rotatable bonds is 5. The summed E-state index contributed by atoms with van der Waals surface area (Å²) in [6.07, 6.45) is 1.52. The quantitative estimate of drug-likeness (QED) is 0.633. The third-order valence-electron chi connectivity index (χ3n) is 3.98. The number of carboxylic acids is 1. The van der Waals surface area contributed by atoms with Gasteiger partial charge in [0.05, 0.1) is 6.57 Å². The van der Waals surface area contributed by atoms with E-state index in [2.05, 4.69) is 4.85 Å². The van der Waals surface area contributed by atoms with Crippen molar-refractivity contribution in [3.05, 3.63) is 82.4 Å². The lowest BCUT2D eigenvalue weighted by Crippen LogP contribution is -2.05. The molecule has 0 saturated carbocycles. The Hall–Kier alpha value is -3.23. The monoisotopic (exact) mass is 366 g/mol. The van der Waals surface area contributed by atoms with E-state index in [4.69, 9.17) is 22.9 Å². The molecule has 0 aliphatic carbocycles. The molecule has 0 amide bonds. The molecule has 6 heteroatoms. The second-order valence-corrected chi connectivity index (χ2v) is 6.08. The standard InChI is InChI=1S/C20H15ClN2O3/c1-22-17-11-23(2)19(20(24)25)18(17)13-7-9-15(10-8-13)26-12-14-5-3-4-6-16(14)21/h3-11H,12H2,2H3,(H,24,25). The summed E-state index contributed by atoms with van der Waals surface area (Å²) in [6, 6.07) is 14.4. The highest BCUT2D eigenvalue weighted by atomic mass is 35.5. The van der Waals surface area contributed by atoms with Crippen molar-refractivity contribution in [1.29, 1.82) is 0 Å². The van der Waals surface area contributed by atoms with Gasteiger partial charge in [0.25, 0.3) is 0 Å². The molecule has 0 spiro atoms. The number of aryl methyl sites for hydroxylation is 1. The van der Waals surface area contributed by atoms with Gasteiger partial charge >= 0.3 is 5.97 Å². The lowest BCUT2D eigenvalue weighted by molar-refractivity contribution is 0.0687. The van der Waals surface area contributed by atoms with Gasteiger partial charge in [-0.3, -0.25) is 0 Å². The van der Waals surface area contributed by atoms with E-state index >= 15 is 0 Å². The van der Waals surface area contributed by atoms with Gasteiger partial charge < -0.3 is 14.4 Å². The van der Waals surface area contributed by atoms with E-state index in [1.165, 1.54) is 10.8 Å². The van der Waals surface area contributed by atoms with Crippen LogP contribution in [0.3, 0.4) is 0 Å². The van der Waals surface area contributed by atoms with Crippen LogP contribution in [0.25, 0.3) is 16.0 Å². The van der Waals surface area contributed by atoms with Crippen molar-refractivity contribution in [3.8, 4) is 16.9 Å². The first-order valence-electron chi connectivity index (χ1n) is 7.78. The fraction of sp³-hybridized carbons (Fsp3) is 0.100. The highest BCUT2D eigenvalue weighted by molar-refractivity contribution is 6.31. The minimum absolute atomic E-state index is 0.0840. The summed E-state index contributed by atoms with van der Waals surface area (Å²) in [4.78, 5) is 15.0. The number of benzene rings is 2. The van der Waals surface area contributed by atoms with Gasteiger partial charge in [-0.25, -0.2) is 9.64 Å². The molecular formula is C20H15ClN2O3. The van der Waals surface area contributed by atoms with Crippen LogP contribution < -0.4 is 4.74 Å². The number of hydrogen-bond donors (Lipinski definition) is 1. The Morgan fingerprint density at radius 3 is 2.54 bits per heavy atom. The maximum absolute atomic E-state index is 11.5. The molecule has 0 saturated heterocycles. The van der Waals surface area contributed by atoms with Crippen LogP contribution in [0.15, 0.2) is 54.7 Å². The van der Waals surface area contributed by atoms with Crippen LogP contribution in [0.2, 0.25) is 5.02 Å². The molecule has 1 aromatic heterocycles. The van der Waals surface area contributed by atoms with E-state index in [1.54, 1.807) is 37.4 Å². The minimum atomic E-state index is -1.07. The van der Waals surface area contributed by atoms with E-state index in [-0.39, 0.29) is 5.69 Å². The average molecular weight is 367 g/mol. The number of ether oxygens (including phenoxy) is 1. The summed E-state index contributed by atoms with van der Waals surface area (Å²) in [5.41, 5.74) is 2.33. The largest absolute Gasteiger partial charge is 0.489 e. The molecule has 1 heterocycles. The fourth-order valence-corrected chi connectivity index (χ4v) is 2.92. The molecule has 3 aromatic rings. The van der Waals surface area contributed by atoms with Crippen molar-refractivity contribution in [2.24, 2.45) is 7.05 Å². The van der Waals surface area contributed by atoms with E-state index in [0.29, 0.717) is 34.2 Å². The number of carboxylic acid groups (broad SMARTS) is 1. The molecular weight excluding hydrogens is 352 g/mol. The summed E-state index contributed by atoms with van der Waals surface area (Å²) in [6.45, 7) is 7.62. The van der Waals surface area contributed by atoms with Crippen LogP contribution in [-0.2, 0) is 13.7 Å². The zero-order valence-corrected chi connectivity index (χ0v) is 14.7. The van der Waals surface area contributed by atoms with Crippen molar-refractivity contribution >= 4 is 23.3 Å². The molecule has 130 valence electrons. The van der Waals surface area contributed by atoms with Crippen molar-refractivity contribution in [1.82, 2.24) is 4.57 Å². The fourth-order valence-electron chi connectivity index (χ4n) is 2.73. The van der Waals surface area contributed by atoms with Crippen LogP contribution in [0.4, 0.5) is 5.69 Å². The molecule has 0 fully saturated rings. The molecule has 0 atom stereocenters. The number of aromatic nitrogens is 1. The lowest BCUT2D eigenvalue weighted by Gasteiger charge is -2.09. The first-order chi connectivity index (χ1) is 12.5. The topological polar surface area (TPSA) is 55.8 Å². The molecule has 26 heavy (non-hydrogen) atoms. The Labute approximate surface area is 155 Å². The molecule has 0 radical (unpaired) electrons. The Kier molecular flexibility index (Phi) is 4.97. The first-order valence-corrected chi connectivity index (χ1v) is 8.15.